The predicted octanol–water partition coefficient (Wildman–Crippen LogP) is 1.94. The Kier molecular flexibility index (Phi) is 3.82. The molecule has 0 aliphatic heterocycles. The number of rotatable bonds is 3. The largest absolute Gasteiger partial charge is 0.345 e. The second-order valence-electron chi connectivity index (χ2n) is 5.99. The number of nitro benzene ring substituents is 1. The molecule has 8 nitrogen and oxygen atoms in total. The highest BCUT2D eigenvalue weighted by atomic mass is 16.6. The van der Waals surface area contributed by atoms with Crippen molar-refractivity contribution < 1.29 is 4.92 Å². The Bertz CT molecular complexity index is 1130. The highest BCUT2D eigenvalue weighted by Gasteiger charge is 2.21. The van der Waals surface area contributed by atoms with Crippen molar-refractivity contribution in [1.82, 2.24) is 13.7 Å². The zero-order valence-corrected chi connectivity index (χ0v) is 14.4. The van der Waals surface area contributed by atoms with E-state index in [1.165, 1.54) is 17.7 Å². The zero-order chi connectivity index (χ0) is 18.5. The number of aryl methyl sites for hydroxylation is 3. The van der Waals surface area contributed by atoms with Crippen LogP contribution in [0.15, 0.2) is 34.0 Å². The van der Waals surface area contributed by atoms with Gasteiger partial charge >= 0.3 is 5.69 Å². The van der Waals surface area contributed by atoms with E-state index in [0.29, 0.717) is 34.3 Å². The first-order valence-electron chi connectivity index (χ1n) is 7.82. The van der Waals surface area contributed by atoms with Crippen molar-refractivity contribution in [1.29, 1.82) is 0 Å². The van der Waals surface area contributed by atoms with E-state index in [1.807, 2.05) is 11.5 Å². The van der Waals surface area contributed by atoms with Crippen molar-refractivity contribution in [2.75, 3.05) is 0 Å². The van der Waals surface area contributed by atoms with Crippen LogP contribution in [0.3, 0.4) is 0 Å². The van der Waals surface area contributed by atoms with E-state index >= 15 is 0 Å². The molecule has 0 aliphatic rings. The second kappa shape index (κ2) is 5.73. The fourth-order valence-electron chi connectivity index (χ4n) is 3.10. The van der Waals surface area contributed by atoms with Crippen molar-refractivity contribution in [2.24, 2.45) is 14.1 Å². The van der Waals surface area contributed by atoms with Gasteiger partial charge in [0.1, 0.15) is 0 Å². The molecule has 0 N–H and O–H groups in total. The lowest BCUT2D eigenvalue weighted by molar-refractivity contribution is -0.385. The predicted molar refractivity (Wildman–Crippen MR) is 94.9 cm³/mol. The highest BCUT2D eigenvalue weighted by molar-refractivity contribution is 5.94. The molecule has 3 aromatic rings. The van der Waals surface area contributed by atoms with Crippen molar-refractivity contribution in [2.45, 2.75) is 20.4 Å². The third-order valence-corrected chi connectivity index (χ3v) is 4.53. The third-order valence-electron chi connectivity index (χ3n) is 4.53. The van der Waals surface area contributed by atoms with E-state index in [0.717, 1.165) is 4.57 Å². The molecule has 0 bridgehead atoms. The van der Waals surface area contributed by atoms with Crippen molar-refractivity contribution in [3.8, 4) is 11.3 Å². The van der Waals surface area contributed by atoms with Crippen LogP contribution in [0.2, 0.25) is 0 Å². The molecule has 1 aromatic carbocycles. The Hall–Kier alpha value is -3.16. The lowest BCUT2D eigenvalue weighted by Crippen LogP contribution is -2.36. The van der Waals surface area contributed by atoms with E-state index < -0.39 is 16.2 Å². The van der Waals surface area contributed by atoms with Gasteiger partial charge in [-0.2, -0.15) is 0 Å². The molecule has 25 heavy (non-hydrogen) atoms. The van der Waals surface area contributed by atoms with E-state index in [1.54, 1.807) is 32.3 Å². The van der Waals surface area contributed by atoms with Gasteiger partial charge in [-0.05, 0) is 13.8 Å². The van der Waals surface area contributed by atoms with Gasteiger partial charge in [0.2, 0.25) is 0 Å². The van der Waals surface area contributed by atoms with E-state index in [2.05, 4.69) is 0 Å². The van der Waals surface area contributed by atoms with Gasteiger partial charge in [0, 0.05) is 44.0 Å². The standard InChI is InChI=1S/C17H18N4O4/c1-5-20-9-13-14(16(22)19(4)17(23)18(13)3)15(20)11-7-6-10(2)12(8-11)21(24)25/h6-9H,5H2,1-4H3. The molecular weight excluding hydrogens is 324 g/mol. The van der Waals surface area contributed by atoms with E-state index in [9.17, 15) is 19.7 Å². The topological polar surface area (TPSA) is 92.1 Å². The normalized spacial score (nSPS) is 11.2. The molecule has 130 valence electrons. The second-order valence-corrected chi connectivity index (χ2v) is 5.99. The summed E-state index contributed by atoms with van der Waals surface area (Å²) >= 11 is 0. The molecule has 3 rings (SSSR count). The fourth-order valence-corrected chi connectivity index (χ4v) is 3.10. The van der Waals surface area contributed by atoms with E-state index in [4.69, 9.17) is 0 Å². The number of nitro groups is 1. The summed E-state index contributed by atoms with van der Waals surface area (Å²) in [6.45, 7) is 4.14. The van der Waals surface area contributed by atoms with Crippen molar-refractivity contribution in [3.63, 3.8) is 0 Å². The average molecular weight is 342 g/mol. The number of benzene rings is 1. The van der Waals surface area contributed by atoms with Crippen LogP contribution in [-0.2, 0) is 20.6 Å². The monoisotopic (exact) mass is 342 g/mol. The summed E-state index contributed by atoms with van der Waals surface area (Å²) in [7, 11) is 3.03. The van der Waals surface area contributed by atoms with Gasteiger partial charge in [-0.15, -0.1) is 0 Å². The number of nitrogens with zero attached hydrogens (tertiary/aromatic N) is 4. The molecule has 0 aliphatic carbocycles. The van der Waals surface area contributed by atoms with Crippen LogP contribution in [-0.4, -0.2) is 18.6 Å². The van der Waals surface area contributed by atoms with Crippen LogP contribution in [0.1, 0.15) is 12.5 Å². The van der Waals surface area contributed by atoms with Gasteiger partial charge in [0.05, 0.1) is 21.5 Å². The molecule has 0 amide bonds. The van der Waals surface area contributed by atoms with Crippen LogP contribution in [0.25, 0.3) is 22.2 Å². The molecule has 0 atom stereocenters. The number of fused-ring (bicyclic) bond motifs is 1. The molecule has 8 heteroatoms. The van der Waals surface area contributed by atoms with Gasteiger partial charge in [-0.25, -0.2) is 4.79 Å². The maximum Gasteiger partial charge on any atom is 0.330 e. The molecule has 2 heterocycles. The Morgan fingerprint density at radius 1 is 1.16 bits per heavy atom. The van der Waals surface area contributed by atoms with Gasteiger partial charge in [0.15, 0.2) is 0 Å². The maximum atomic E-state index is 12.7. The summed E-state index contributed by atoms with van der Waals surface area (Å²) in [6.07, 6.45) is 1.74. The summed E-state index contributed by atoms with van der Waals surface area (Å²) in [5.41, 5.74) is 1.38. The first-order chi connectivity index (χ1) is 11.8. The number of hydrogen-bond donors (Lipinski definition) is 0. The van der Waals surface area contributed by atoms with Gasteiger partial charge in [-0.1, -0.05) is 12.1 Å². The molecule has 0 spiro atoms. The summed E-state index contributed by atoms with van der Waals surface area (Å²) in [6, 6.07) is 4.90. The quantitative estimate of drug-likeness (QED) is 0.537. The molecule has 0 radical (unpaired) electrons. The number of aromatic nitrogens is 3. The Morgan fingerprint density at radius 3 is 2.44 bits per heavy atom. The zero-order valence-electron chi connectivity index (χ0n) is 14.4. The Balaban J connectivity index is 2.49. The SMILES string of the molecule is CCn1cc2c(c1-c1ccc(C)c([N+](=O)[O-])c1)c(=O)n(C)c(=O)n2C. The van der Waals surface area contributed by atoms with Crippen LogP contribution in [0, 0.1) is 17.0 Å². The summed E-state index contributed by atoms with van der Waals surface area (Å²) in [4.78, 5) is 35.7. The van der Waals surface area contributed by atoms with Crippen LogP contribution in [0.4, 0.5) is 5.69 Å². The van der Waals surface area contributed by atoms with E-state index in [-0.39, 0.29) is 5.69 Å². The van der Waals surface area contributed by atoms with Crippen molar-refractivity contribution >= 4 is 16.6 Å². The van der Waals surface area contributed by atoms with Gasteiger partial charge in [0.25, 0.3) is 11.2 Å². The summed E-state index contributed by atoms with van der Waals surface area (Å²) < 4.78 is 4.29. The molecule has 0 unspecified atom stereocenters. The molecule has 0 fully saturated rings. The Labute approximate surface area is 142 Å². The third kappa shape index (κ3) is 2.37. The van der Waals surface area contributed by atoms with Gasteiger partial charge in [-0.3, -0.25) is 24.0 Å². The van der Waals surface area contributed by atoms with Crippen LogP contribution in [0.5, 0.6) is 0 Å². The lowest BCUT2D eigenvalue weighted by atomic mass is 10.1. The van der Waals surface area contributed by atoms with Crippen LogP contribution < -0.4 is 11.2 Å². The lowest BCUT2D eigenvalue weighted by Gasteiger charge is -2.08. The smallest absolute Gasteiger partial charge is 0.330 e. The summed E-state index contributed by atoms with van der Waals surface area (Å²) in [5.74, 6) is 0. The minimum Gasteiger partial charge on any atom is -0.345 e. The van der Waals surface area contributed by atoms with Gasteiger partial charge < -0.3 is 4.57 Å². The maximum absolute atomic E-state index is 12.7. The summed E-state index contributed by atoms with van der Waals surface area (Å²) in [5, 5.41) is 11.6. The molecule has 2 aromatic heterocycles. The first kappa shape index (κ1) is 16.7. The number of hydrogen-bond acceptors (Lipinski definition) is 4. The minimum absolute atomic E-state index is 0.00357. The average Bonchev–Trinajstić information content (AvgIpc) is 2.98. The molecule has 0 saturated carbocycles. The minimum atomic E-state index is -0.436. The molecule has 0 saturated heterocycles. The first-order valence-corrected chi connectivity index (χ1v) is 7.82. The molecular formula is C17H18N4O4. The highest BCUT2D eigenvalue weighted by Crippen LogP contribution is 2.31. The van der Waals surface area contributed by atoms with Crippen molar-refractivity contribution in [3.05, 3.63) is 60.9 Å². The fraction of sp³-hybridized carbons (Fsp3) is 0.294. The Morgan fingerprint density at radius 2 is 1.84 bits per heavy atom. The van der Waals surface area contributed by atoms with Crippen LogP contribution >= 0.6 is 0 Å².